The van der Waals surface area contributed by atoms with Crippen molar-refractivity contribution in [2.24, 2.45) is 0 Å². The molecule has 0 radical (unpaired) electrons. The summed E-state index contributed by atoms with van der Waals surface area (Å²) in [5.74, 6) is -0.613. The number of halogens is 1. The molecule has 1 aromatic carbocycles. The van der Waals surface area contributed by atoms with Crippen LogP contribution in [0.2, 0.25) is 0 Å². The summed E-state index contributed by atoms with van der Waals surface area (Å²) in [6.07, 6.45) is 0. The summed E-state index contributed by atoms with van der Waals surface area (Å²) in [6, 6.07) is 5.84. The Morgan fingerprint density at radius 1 is 1.27 bits per heavy atom. The average Bonchev–Trinajstić information content (AvgIpc) is 2.61. The van der Waals surface area contributed by atoms with Crippen LogP contribution in [-0.4, -0.2) is 75.4 Å². The number of rotatable bonds is 6. The number of carbonyl (C=O) groups is 2. The molecule has 1 N–H and O–H groups in total. The van der Waals surface area contributed by atoms with Crippen molar-refractivity contribution in [3.8, 4) is 0 Å². The molecule has 0 spiro atoms. The smallest absolute Gasteiger partial charge is 0.246 e. The Bertz CT molecular complexity index is 763. The minimum Gasteiger partial charge on any atom is -0.375 e. The predicted molar refractivity (Wildman–Crippen MR) is 99.0 cm³/mol. The largest absolute Gasteiger partial charge is 0.375 e. The number of methoxy groups -OCH3 is 1. The van der Waals surface area contributed by atoms with Crippen LogP contribution in [0, 0.1) is 0 Å². The van der Waals surface area contributed by atoms with Crippen molar-refractivity contribution in [2.75, 3.05) is 39.9 Å². The fourth-order valence-electron chi connectivity index (χ4n) is 2.68. The van der Waals surface area contributed by atoms with Crippen molar-refractivity contribution in [3.05, 3.63) is 28.7 Å². The molecule has 0 unspecified atom stereocenters. The van der Waals surface area contributed by atoms with Crippen LogP contribution in [0.5, 0.6) is 0 Å². The second kappa shape index (κ2) is 8.94. The topological polar surface area (TPSA) is 96.0 Å². The molecule has 1 aliphatic heterocycles. The molecule has 2 amide bonds. The third kappa shape index (κ3) is 5.03. The van der Waals surface area contributed by atoms with Crippen LogP contribution in [0.1, 0.15) is 6.92 Å². The van der Waals surface area contributed by atoms with Crippen molar-refractivity contribution >= 4 is 37.8 Å². The van der Waals surface area contributed by atoms with Gasteiger partial charge in [0, 0.05) is 37.8 Å². The second-order valence-corrected chi connectivity index (χ2v) is 8.76. The summed E-state index contributed by atoms with van der Waals surface area (Å²) in [5, 5.41) is 2.56. The number of piperazine rings is 1. The number of amides is 2. The monoisotopic (exact) mass is 447 g/mol. The van der Waals surface area contributed by atoms with Crippen molar-refractivity contribution in [1.29, 1.82) is 0 Å². The Hall–Kier alpha value is -1.49. The molecule has 2 rings (SSSR count). The van der Waals surface area contributed by atoms with E-state index in [9.17, 15) is 18.0 Å². The molecule has 1 saturated heterocycles. The normalized spacial score (nSPS) is 17.0. The van der Waals surface area contributed by atoms with Crippen LogP contribution in [-0.2, 0) is 24.3 Å². The van der Waals surface area contributed by atoms with Crippen LogP contribution < -0.4 is 5.32 Å². The second-order valence-electron chi connectivity index (χ2n) is 5.91. The molecule has 8 nitrogen and oxygen atoms in total. The van der Waals surface area contributed by atoms with E-state index in [4.69, 9.17) is 4.74 Å². The summed E-state index contributed by atoms with van der Waals surface area (Å²) in [4.78, 5) is 25.7. The Morgan fingerprint density at radius 2 is 1.92 bits per heavy atom. The van der Waals surface area contributed by atoms with Gasteiger partial charge < -0.3 is 15.0 Å². The Balaban J connectivity index is 1.96. The molecule has 1 aliphatic rings. The number of carbonyl (C=O) groups excluding carboxylic acids is 2. The zero-order chi connectivity index (χ0) is 19.3. The van der Waals surface area contributed by atoms with Crippen molar-refractivity contribution < 1.29 is 22.7 Å². The maximum absolute atomic E-state index is 12.7. The molecule has 1 heterocycles. The highest BCUT2D eigenvalue weighted by Crippen LogP contribution is 2.21. The SMILES string of the molecule is COCC(=O)N[C@H](C)C(=O)N1CCN(S(=O)(=O)c2cccc(Br)c2)CC1. The van der Waals surface area contributed by atoms with Gasteiger partial charge in [-0.25, -0.2) is 8.42 Å². The summed E-state index contributed by atoms with van der Waals surface area (Å²) in [6.45, 7) is 2.45. The fourth-order valence-corrected chi connectivity index (χ4v) is 4.69. The van der Waals surface area contributed by atoms with E-state index in [1.165, 1.54) is 11.4 Å². The first-order valence-corrected chi connectivity index (χ1v) is 10.3. The molecular weight excluding hydrogens is 426 g/mol. The standard InChI is InChI=1S/C16H22BrN3O5S/c1-12(18-15(21)11-25-2)16(22)19-6-8-20(9-7-19)26(23,24)14-5-3-4-13(17)10-14/h3-5,10,12H,6-9,11H2,1-2H3,(H,18,21)/t12-/m1/s1. The zero-order valence-electron chi connectivity index (χ0n) is 14.6. The van der Waals surface area contributed by atoms with Gasteiger partial charge >= 0.3 is 0 Å². The van der Waals surface area contributed by atoms with E-state index in [-0.39, 0.29) is 49.5 Å². The molecule has 26 heavy (non-hydrogen) atoms. The van der Waals surface area contributed by atoms with Gasteiger partial charge in [-0.1, -0.05) is 22.0 Å². The molecule has 0 aromatic heterocycles. The van der Waals surface area contributed by atoms with E-state index in [0.29, 0.717) is 4.47 Å². The molecule has 1 aromatic rings. The number of sulfonamides is 1. The van der Waals surface area contributed by atoms with Crippen LogP contribution in [0.3, 0.4) is 0 Å². The first-order chi connectivity index (χ1) is 12.3. The highest BCUT2D eigenvalue weighted by atomic mass is 79.9. The third-order valence-corrected chi connectivity index (χ3v) is 6.40. The van der Waals surface area contributed by atoms with Crippen molar-refractivity contribution in [3.63, 3.8) is 0 Å². The lowest BCUT2D eigenvalue weighted by Crippen LogP contribution is -2.55. The van der Waals surface area contributed by atoms with Crippen molar-refractivity contribution in [1.82, 2.24) is 14.5 Å². The quantitative estimate of drug-likeness (QED) is 0.681. The summed E-state index contributed by atoms with van der Waals surface area (Å²) < 4.78 is 32.2. The fraction of sp³-hybridized carbons (Fsp3) is 0.500. The Kier molecular flexibility index (Phi) is 7.16. The number of hydrogen-bond donors (Lipinski definition) is 1. The highest BCUT2D eigenvalue weighted by molar-refractivity contribution is 9.10. The Labute approximate surface area is 161 Å². The van der Waals surface area contributed by atoms with Gasteiger partial charge in [0.15, 0.2) is 0 Å². The lowest BCUT2D eigenvalue weighted by Gasteiger charge is -2.35. The van der Waals surface area contributed by atoms with Gasteiger partial charge in [0.25, 0.3) is 0 Å². The Morgan fingerprint density at radius 3 is 2.50 bits per heavy atom. The molecule has 1 atom stereocenters. The van der Waals surface area contributed by atoms with E-state index in [1.54, 1.807) is 36.1 Å². The van der Waals surface area contributed by atoms with Gasteiger partial charge in [0.1, 0.15) is 12.6 Å². The lowest BCUT2D eigenvalue weighted by molar-refractivity contribution is -0.137. The molecule has 144 valence electrons. The van der Waals surface area contributed by atoms with Gasteiger partial charge in [0.2, 0.25) is 21.8 Å². The third-order valence-electron chi connectivity index (χ3n) is 4.01. The van der Waals surface area contributed by atoms with Crippen LogP contribution in [0.15, 0.2) is 33.6 Å². The minimum atomic E-state index is -3.60. The van der Waals surface area contributed by atoms with Gasteiger partial charge in [0.05, 0.1) is 4.90 Å². The van der Waals surface area contributed by atoms with E-state index in [2.05, 4.69) is 21.2 Å². The number of benzene rings is 1. The maximum Gasteiger partial charge on any atom is 0.246 e. The average molecular weight is 448 g/mol. The zero-order valence-corrected chi connectivity index (χ0v) is 17.0. The minimum absolute atomic E-state index is 0.115. The van der Waals surface area contributed by atoms with E-state index in [0.717, 1.165) is 0 Å². The highest BCUT2D eigenvalue weighted by Gasteiger charge is 2.31. The number of nitrogens with zero attached hydrogens (tertiary/aromatic N) is 2. The van der Waals surface area contributed by atoms with Crippen LogP contribution in [0.25, 0.3) is 0 Å². The van der Waals surface area contributed by atoms with Gasteiger partial charge in [-0.05, 0) is 25.1 Å². The van der Waals surface area contributed by atoms with E-state index < -0.39 is 16.1 Å². The number of hydrogen-bond acceptors (Lipinski definition) is 5. The summed E-state index contributed by atoms with van der Waals surface area (Å²) in [7, 11) is -2.20. The van der Waals surface area contributed by atoms with Gasteiger partial charge in [-0.3, -0.25) is 9.59 Å². The summed E-state index contributed by atoms with van der Waals surface area (Å²) in [5.41, 5.74) is 0. The first kappa shape index (κ1) is 20.8. The van der Waals surface area contributed by atoms with Crippen LogP contribution in [0.4, 0.5) is 0 Å². The number of nitrogens with one attached hydrogen (secondary N) is 1. The lowest BCUT2D eigenvalue weighted by atomic mass is 10.2. The van der Waals surface area contributed by atoms with Crippen molar-refractivity contribution in [2.45, 2.75) is 17.9 Å². The van der Waals surface area contributed by atoms with E-state index in [1.807, 2.05) is 0 Å². The molecular formula is C16H22BrN3O5S. The van der Waals surface area contributed by atoms with Crippen LogP contribution >= 0.6 is 15.9 Å². The van der Waals surface area contributed by atoms with Gasteiger partial charge in [-0.15, -0.1) is 0 Å². The summed E-state index contributed by atoms with van der Waals surface area (Å²) >= 11 is 3.27. The van der Waals surface area contributed by atoms with E-state index >= 15 is 0 Å². The predicted octanol–water partition coefficient (Wildman–Crippen LogP) is 0.433. The number of ether oxygens (including phenoxy) is 1. The van der Waals surface area contributed by atoms with Gasteiger partial charge in [-0.2, -0.15) is 4.31 Å². The molecule has 1 fully saturated rings. The first-order valence-electron chi connectivity index (χ1n) is 8.08. The maximum atomic E-state index is 12.7. The molecule has 0 saturated carbocycles. The molecule has 10 heteroatoms. The molecule has 0 bridgehead atoms. The molecule has 0 aliphatic carbocycles.